The molecule has 1 spiro atoms. The first-order valence-corrected chi connectivity index (χ1v) is 9.17. The van der Waals surface area contributed by atoms with Gasteiger partial charge in [-0.05, 0) is 24.8 Å². The van der Waals surface area contributed by atoms with E-state index >= 15 is 0 Å². The minimum atomic E-state index is -1.05. The number of hydrogen-bond acceptors (Lipinski definition) is 4. The van der Waals surface area contributed by atoms with Gasteiger partial charge in [-0.25, -0.2) is 0 Å². The summed E-state index contributed by atoms with van der Waals surface area (Å²) >= 11 is 1.55. The molecule has 4 atom stereocenters. The molecule has 1 N–H and O–H groups in total. The number of rotatable bonds is 4. The van der Waals surface area contributed by atoms with E-state index in [4.69, 9.17) is 4.74 Å². The van der Waals surface area contributed by atoms with Crippen molar-refractivity contribution in [2.45, 2.75) is 25.2 Å². The monoisotopic (exact) mass is 345 g/mol. The largest absolute Gasteiger partial charge is 0.481 e. The average molecular weight is 345 g/mol. The summed E-state index contributed by atoms with van der Waals surface area (Å²) in [6.07, 6.45) is 3.33. The molecule has 0 radical (unpaired) electrons. The highest BCUT2D eigenvalue weighted by Gasteiger charge is 2.77. The number of carboxylic acids is 1. The number of fused-ring (bicyclic) bond motifs is 1. The van der Waals surface area contributed by atoms with Crippen LogP contribution in [0.2, 0.25) is 0 Å². The second kappa shape index (κ2) is 5.10. The van der Waals surface area contributed by atoms with Crippen LogP contribution in [0.25, 0.3) is 0 Å². The fourth-order valence-electron chi connectivity index (χ4n) is 4.54. The standard InChI is InChI=1S/C18H19NO4S/c1-17-14(15(20)21)12-8-13(24-2)18(17,23-12)10-19(16(17)22)9-11-6-4-3-5-7-11/h3-8,12,14H,9-10H2,1-2H3,(H,20,21)/t12-,14+,17+,18+/m1/s1. The molecule has 0 saturated carbocycles. The van der Waals surface area contributed by atoms with Gasteiger partial charge in [-0.1, -0.05) is 30.3 Å². The zero-order valence-corrected chi connectivity index (χ0v) is 14.4. The fourth-order valence-corrected chi connectivity index (χ4v) is 5.46. The van der Waals surface area contributed by atoms with Gasteiger partial charge in [0.15, 0.2) is 0 Å². The van der Waals surface area contributed by atoms with Crippen molar-refractivity contribution in [3.63, 3.8) is 0 Å². The molecule has 2 fully saturated rings. The SMILES string of the molecule is CSC1=C[C@H]2O[C@@]13CN(Cc1ccccc1)C(=O)[C@]3(C)[C@@H]2C(=O)O. The number of nitrogens with zero attached hydrogens (tertiary/aromatic N) is 1. The lowest BCUT2D eigenvalue weighted by atomic mass is 9.64. The highest BCUT2D eigenvalue weighted by molar-refractivity contribution is 8.02. The molecule has 2 saturated heterocycles. The number of amides is 1. The fraction of sp³-hybridized carbons (Fsp3) is 0.444. The van der Waals surface area contributed by atoms with E-state index < -0.39 is 29.0 Å². The molecule has 0 aliphatic carbocycles. The first-order valence-electron chi connectivity index (χ1n) is 7.94. The van der Waals surface area contributed by atoms with Crippen LogP contribution < -0.4 is 0 Å². The van der Waals surface area contributed by atoms with Gasteiger partial charge in [0.25, 0.3) is 0 Å². The molecule has 3 aliphatic rings. The van der Waals surface area contributed by atoms with Gasteiger partial charge < -0.3 is 14.7 Å². The summed E-state index contributed by atoms with van der Waals surface area (Å²) in [5, 5.41) is 9.71. The third-order valence-electron chi connectivity index (χ3n) is 5.69. The zero-order valence-electron chi connectivity index (χ0n) is 13.6. The van der Waals surface area contributed by atoms with E-state index in [1.807, 2.05) is 42.7 Å². The van der Waals surface area contributed by atoms with Gasteiger partial charge >= 0.3 is 5.97 Å². The highest BCUT2D eigenvalue weighted by atomic mass is 32.2. The number of hydrogen-bond donors (Lipinski definition) is 1. The summed E-state index contributed by atoms with van der Waals surface area (Å²) in [6.45, 7) is 2.64. The average Bonchev–Trinajstić information content (AvgIpc) is 3.11. The number of likely N-dealkylation sites (tertiary alicyclic amines) is 1. The van der Waals surface area contributed by atoms with Crippen LogP contribution >= 0.6 is 11.8 Å². The number of carbonyl (C=O) groups excluding carboxylic acids is 1. The third-order valence-corrected chi connectivity index (χ3v) is 6.59. The van der Waals surface area contributed by atoms with Gasteiger partial charge in [-0.15, -0.1) is 11.8 Å². The van der Waals surface area contributed by atoms with Gasteiger partial charge in [0.2, 0.25) is 5.91 Å². The van der Waals surface area contributed by atoms with Crippen molar-refractivity contribution < 1.29 is 19.4 Å². The van der Waals surface area contributed by atoms with Crippen molar-refractivity contribution in [2.24, 2.45) is 11.3 Å². The predicted octanol–water partition coefficient (Wildman–Crippen LogP) is 2.13. The lowest BCUT2D eigenvalue weighted by Crippen LogP contribution is -2.51. The molecule has 5 nitrogen and oxygen atoms in total. The predicted molar refractivity (Wildman–Crippen MR) is 90.3 cm³/mol. The van der Waals surface area contributed by atoms with Gasteiger partial charge in [0.05, 0.1) is 18.1 Å². The van der Waals surface area contributed by atoms with E-state index in [0.717, 1.165) is 10.5 Å². The molecular formula is C18H19NO4S. The van der Waals surface area contributed by atoms with E-state index in [1.54, 1.807) is 23.6 Å². The molecule has 0 unspecified atom stereocenters. The topological polar surface area (TPSA) is 66.8 Å². The summed E-state index contributed by atoms with van der Waals surface area (Å²) in [5.41, 5.74) is -0.848. The number of carbonyl (C=O) groups is 2. The summed E-state index contributed by atoms with van der Waals surface area (Å²) in [4.78, 5) is 27.8. The van der Waals surface area contributed by atoms with Gasteiger partial charge in [0.1, 0.15) is 11.5 Å². The maximum absolute atomic E-state index is 13.2. The van der Waals surface area contributed by atoms with Crippen LogP contribution in [0.3, 0.4) is 0 Å². The van der Waals surface area contributed by atoms with Crippen LogP contribution in [0.4, 0.5) is 0 Å². The molecule has 1 aromatic rings. The number of thioether (sulfide) groups is 1. The van der Waals surface area contributed by atoms with Crippen molar-refractivity contribution >= 4 is 23.6 Å². The second-order valence-corrected chi connectivity index (χ2v) is 7.66. The first kappa shape index (κ1) is 15.7. The number of aliphatic carboxylic acids is 1. The van der Waals surface area contributed by atoms with Gasteiger partial charge in [0, 0.05) is 11.4 Å². The Bertz CT molecular complexity index is 749. The molecule has 126 valence electrons. The molecule has 1 amide bonds. The third kappa shape index (κ3) is 1.75. The minimum Gasteiger partial charge on any atom is -0.481 e. The van der Waals surface area contributed by atoms with Crippen LogP contribution in [0, 0.1) is 11.3 Å². The van der Waals surface area contributed by atoms with Crippen molar-refractivity contribution in [2.75, 3.05) is 12.8 Å². The molecular weight excluding hydrogens is 326 g/mol. The lowest BCUT2D eigenvalue weighted by molar-refractivity contribution is -0.152. The molecule has 0 aromatic heterocycles. The molecule has 24 heavy (non-hydrogen) atoms. The molecule has 1 aromatic carbocycles. The van der Waals surface area contributed by atoms with Crippen LogP contribution in [0.1, 0.15) is 12.5 Å². The van der Waals surface area contributed by atoms with Crippen LogP contribution in [-0.4, -0.2) is 46.4 Å². The van der Waals surface area contributed by atoms with Crippen LogP contribution in [-0.2, 0) is 20.9 Å². The number of ether oxygens (including phenoxy) is 1. The Morgan fingerprint density at radius 1 is 1.42 bits per heavy atom. The van der Waals surface area contributed by atoms with Crippen molar-refractivity contribution in [3.8, 4) is 0 Å². The van der Waals surface area contributed by atoms with Crippen LogP contribution in [0.15, 0.2) is 41.3 Å². The second-order valence-electron chi connectivity index (χ2n) is 6.81. The molecule has 2 bridgehead atoms. The Balaban J connectivity index is 1.75. The summed E-state index contributed by atoms with van der Waals surface area (Å²) < 4.78 is 6.15. The van der Waals surface area contributed by atoms with Crippen molar-refractivity contribution in [3.05, 3.63) is 46.9 Å². The number of carboxylic acid groups (broad SMARTS) is 1. The maximum Gasteiger partial charge on any atom is 0.310 e. The lowest BCUT2D eigenvalue weighted by Gasteiger charge is -2.36. The highest BCUT2D eigenvalue weighted by Crippen LogP contribution is 2.64. The Hall–Kier alpha value is -1.79. The maximum atomic E-state index is 13.2. The van der Waals surface area contributed by atoms with Crippen molar-refractivity contribution in [1.82, 2.24) is 4.90 Å². The van der Waals surface area contributed by atoms with E-state index in [9.17, 15) is 14.7 Å². The van der Waals surface area contributed by atoms with E-state index in [-0.39, 0.29) is 5.91 Å². The summed E-state index contributed by atoms with van der Waals surface area (Å²) in [5.74, 6) is -1.92. The van der Waals surface area contributed by atoms with Gasteiger partial charge in [-0.3, -0.25) is 9.59 Å². The Morgan fingerprint density at radius 3 is 2.75 bits per heavy atom. The smallest absolute Gasteiger partial charge is 0.310 e. The summed E-state index contributed by atoms with van der Waals surface area (Å²) in [7, 11) is 0. The Morgan fingerprint density at radius 2 is 2.12 bits per heavy atom. The minimum absolute atomic E-state index is 0.124. The van der Waals surface area contributed by atoms with Crippen LogP contribution in [0.5, 0.6) is 0 Å². The number of benzene rings is 1. The Labute approximate surface area is 144 Å². The van der Waals surface area contributed by atoms with E-state index in [0.29, 0.717) is 13.1 Å². The van der Waals surface area contributed by atoms with E-state index in [2.05, 4.69) is 0 Å². The normalized spacial score (nSPS) is 36.8. The molecule has 4 rings (SSSR count). The van der Waals surface area contributed by atoms with Gasteiger partial charge in [-0.2, -0.15) is 0 Å². The van der Waals surface area contributed by atoms with E-state index in [1.165, 1.54) is 0 Å². The molecule has 3 heterocycles. The van der Waals surface area contributed by atoms with Crippen molar-refractivity contribution in [1.29, 1.82) is 0 Å². The first-order chi connectivity index (χ1) is 11.4. The Kier molecular flexibility index (Phi) is 3.34. The molecule has 6 heteroatoms. The zero-order chi connectivity index (χ0) is 17.1. The quantitative estimate of drug-likeness (QED) is 0.905. The summed E-state index contributed by atoms with van der Waals surface area (Å²) in [6, 6.07) is 9.75. The molecule has 3 aliphatic heterocycles.